The zero-order valence-electron chi connectivity index (χ0n) is 14.2. The number of nitrogens with zero attached hydrogens (tertiary/aromatic N) is 3. The zero-order valence-corrected chi connectivity index (χ0v) is 14.2. The van der Waals surface area contributed by atoms with Gasteiger partial charge in [0.25, 0.3) is 0 Å². The van der Waals surface area contributed by atoms with E-state index in [9.17, 15) is 4.79 Å². The van der Waals surface area contributed by atoms with Crippen LogP contribution in [0.5, 0.6) is 0 Å². The van der Waals surface area contributed by atoms with E-state index in [4.69, 9.17) is 15.6 Å². The lowest BCUT2D eigenvalue weighted by molar-refractivity contribution is -0.122. The number of hydrogen-bond donors (Lipinski definition) is 1. The number of aryl methyl sites for hydroxylation is 1. The maximum absolute atomic E-state index is 11.8. The van der Waals surface area contributed by atoms with Gasteiger partial charge in [0.15, 0.2) is 0 Å². The molecule has 23 heavy (non-hydrogen) atoms. The minimum atomic E-state index is -0.257. The number of rotatable bonds is 5. The first-order chi connectivity index (χ1) is 11.1. The molecule has 128 valence electrons. The average molecular weight is 320 g/mol. The lowest BCUT2D eigenvalue weighted by Gasteiger charge is -2.24. The Hall–Kier alpha value is -1.40. The minimum Gasteiger partial charge on any atom is -0.380 e. The number of ether oxygens (including phenoxy) is 1. The first-order valence-corrected chi connectivity index (χ1v) is 8.67. The molecule has 6 heteroatoms. The van der Waals surface area contributed by atoms with Crippen molar-refractivity contribution in [3.8, 4) is 0 Å². The van der Waals surface area contributed by atoms with Crippen molar-refractivity contribution in [3.05, 3.63) is 17.5 Å². The summed E-state index contributed by atoms with van der Waals surface area (Å²) in [6.07, 6.45) is 9.24. The second kappa shape index (κ2) is 7.01. The van der Waals surface area contributed by atoms with Gasteiger partial charge in [0.05, 0.1) is 17.8 Å². The van der Waals surface area contributed by atoms with Crippen LogP contribution < -0.4 is 5.73 Å². The molecule has 1 aromatic rings. The molecular weight excluding hydrogens is 292 g/mol. The van der Waals surface area contributed by atoms with Gasteiger partial charge in [-0.1, -0.05) is 19.3 Å². The second-order valence-corrected chi connectivity index (χ2v) is 6.99. The van der Waals surface area contributed by atoms with E-state index in [1.165, 1.54) is 43.4 Å². The van der Waals surface area contributed by atoms with Gasteiger partial charge in [0, 0.05) is 44.9 Å². The van der Waals surface area contributed by atoms with E-state index in [0.717, 1.165) is 13.1 Å². The molecule has 2 aliphatic rings. The number of methoxy groups -OCH3 is 1. The predicted molar refractivity (Wildman–Crippen MR) is 87.8 cm³/mol. The Kier molecular flexibility index (Phi) is 5.02. The SMILES string of the molecule is CO[C@H]1C[C@@H](C(N)=O)N(Cc2cn(C)nc2C2CCCCC2)C1. The van der Waals surface area contributed by atoms with Gasteiger partial charge in [0.2, 0.25) is 5.91 Å². The van der Waals surface area contributed by atoms with Gasteiger partial charge in [-0.3, -0.25) is 14.4 Å². The predicted octanol–water partition coefficient (Wildman–Crippen LogP) is 1.54. The number of primary amides is 1. The molecule has 0 spiro atoms. The summed E-state index contributed by atoms with van der Waals surface area (Å²) in [5.41, 5.74) is 8.04. The van der Waals surface area contributed by atoms with Gasteiger partial charge in [0.1, 0.15) is 0 Å². The highest BCUT2D eigenvalue weighted by Gasteiger charge is 2.36. The third kappa shape index (κ3) is 3.58. The number of carbonyl (C=O) groups is 1. The molecule has 1 saturated heterocycles. The number of hydrogen-bond acceptors (Lipinski definition) is 4. The number of nitrogens with two attached hydrogens (primary N) is 1. The van der Waals surface area contributed by atoms with Crippen molar-refractivity contribution in [1.29, 1.82) is 0 Å². The van der Waals surface area contributed by atoms with Crippen molar-refractivity contribution in [2.45, 2.75) is 63.1 Å². The van der Waals surface area contributed by atoms with Gasteiger partial charge < -0.3 is 10.5 Å². The summed E-state index contributed by atoms with van der Waals surface area (Å²) in [6, 6.07) is -0.237. The van der Waals surface area contributed by atoms with E-state index in [0.29, 0.717) is 12.3 Å². The fourth-order valence-electron chi connectivity index (χ4n) is 4.12. The van der Waals surface area contributed by atoms with Gasteiger partial charge in [-0.25, -0.2) is 0 Å². The van der Waals surface area contributed by atoms with Crippen LogP contribution in [0.3, 0.4) is 0 Å². The molecule has 1 aliphatic carbocycles. The summed E-state index contributed by atoms with van der Waals surface area (Å²) in [7, 11) is 3.67. The number of aromatic nitrogens is 2. The maximum Gasteiger partial charge on any atom is 0.234 e. The van der Waals surface area contributed by atoms with Crippen LogP contribution in [-0.4, -0.2) is 46.4 Å². The van der Waals surface area contributed by atoms with Crippen molar-refractivity contribution >= 4 is 5.91 Å². The first-order valence-electron chi connectivity index (χ1n) is 8.67. The van der Waals surface area contributed by atoms with E-state index < -0.39 is 0 Å². The lowest BCUT2D eigenvalue weighted by atomic mass is 9.85. The molecule has 1 saturated carbocycles. The highest BCUT2D eigenvalue weighted by Crippen LogP contribution is 2.34. The summed E-state index contributed by atoms with van der Waals surface area (Å²) in [6.45, 7) is 1.48. The lowest BCUT2D eigenvalue weighted by Crippen LogP contribution is -2.39. The summed E-state index contributed by atoms with van der Waals surface area (Å²) < 4.78 is 7.35. The molecule has 2 N–H and O–H groups in total. The summed E-state index contributed by atoms with van der Waals surface area (Å²) >= 11 is 0. The average Bonchev–Trinajstić information content (AvgIpc) is 3.12. The molecule has 1 aromatic heterocycles. The molecule has 0 bridgehead atoms. The first kappa shape index (κ1) is 16.5. The van der Waals surface area contributed by atoms with E-state index in [2.05, 4.69) is 11.1 Å². The third-order valence-corrected chi connectivity index (χ3v) is 5.33. The molecule has 2 heterocycles. The standard InChI is InChI=1S/C17H28N4O2/c1-20-9-13(16(19-20)12-6-4-3-5-7-12)10-21-11-14(23-2)8-15(21)17(18)22/h9,12,14-15H,3-8,10-11H2,1-2H3,(H2,18,22)/t14-,15-/m0/s1. The van der Waals surface area contributed by atoms with Crippen molar-refractivity contribution in [2.75, 3.05) is 13.7 Å². The molecule has 1 amide bonds. The van der Waals surface area contributed by atoms with Crippen LogP contribution in [0.25, 0.3) is 0 Å². The largest absolute Gasteiger partial charge is 0.380 e. The van der Waals surface area contributed by atoms with E-state index >= 15 is 0 Å². The number of amides is 1. The normalized spacial score (nSPS) is 26.7. The van der Waals surface area contributed by atoms with Crippen LogP contribution in [-0.2, 0) is 23.1 Å². The summed E-state index contributed by atoms with van der Waals surface area (Å²) in [5.74, 6) is 0.306. The molecule has 2 fully saturated rings. The van der Waals surface area contributed by atoms with E-state index in [-0.39, 0.29) is 18.1 Å². The Morgan fingerprint density at radius 1 is 1.39 bits per heavy atom. The Labute approximate surface area is 138 Å². The van der Waals surface area contributed by atoms with Crippen LogP contribution in [0.1, 0.15) is 55.7 Å². The fourth-order valence-corrected chi connectivity index (χ4v) is 4.12. The van der Waals surface area contributed by atoms with Crippen LogP contribution in [0.15, 0.2) is 6.20 Å². The van der Waals surface area contributed by atoms with Crippen LogP contribution in [0.4, 0.5) is 0 Å². The molecular formula is C17H28N4O2. The van der Waals surface area contributed by atoms with E-state index in [1.807, 2.05) is 11.7 Å². The minimum absolute atomic E-state index is 0.0855. The molecule has 3 rings (SSSR count). The molecule has 0 unspecified atom stereocenters. The number of carbonyl (C=O) groups excluding carboxylic acids is 1. The Morgan fingerprint density at radius 2 is 2.13 bits per heavy atom. The summed E-state index contributed by atoms with van der Waals surface area (Å²) in [4.78, 5) is 13.9. The highest BCUT2D eigenvalue weighted by atomic mass is 16.5. The molecule has 6 nitrogen and oxygen atoms in total. The third-order valence-electron chi connectivity index (χ3n) is 5.33. The van der Waals surface area contributed by atoms with Crippen LogP contribution in [0.2, 0.25) is 0 Å². The van der Waals surface area contributed by atoms with Crippen LogP contribution in [0, 0.1) is 0 Å². The molecule has 0 radical (unpaired) electrons. The molecule has 0 aromatic carbocycles. The quantitative estimate of drug-likeness (QED) is 0.893. The Balaban J connectivity index is 1.77. The van der Waals surface area contributed by atoms with Gasteiger partial charge >= 0.3 is 0 Å². The second-order valence-electron chi connectivity index (χ2n) is 6.99. The van der Waals surface area contributed by atoms with Gasteiger partial charge in [-0.15, -0.1) is 0 Å². The van der Waals surface area contributed by atoms with Gasteiger partial charge in [-0.05, 0) is 19.3 Å². The molecule has 1 aliphatic heterocycles. The fraction of sp³-hybridized carbons (Fsp3) is 0.765. The summed E-state index contributed by atoms with van der Waals surface area (Å²) in [5, 5.41) is 4.73. The van der Waals surface area contributed by atoms with Crippen LogP contribution >= 0.6 is 0 Å². The maximum atomic E-state index is 11.8. The van der Waals surface area contributed by atoms with Gasteiger partial charge in [-0.2, -0.15) is 5.10 Å². The number of likely N-dealkylation sites (tertiary alicyclic amines) is 1. The Bertz CT molecular complexity index is 551. The van der Waals surface area contributed by atoms with Crippen molar-refractivity contribution in [1.82, 2.24) is 14.7 Å². The van der Waals surface area contributed by atoms with Crippen molar-refractivity contribution in [3.63, 3.8) is 0 Å². The Morgan fingerprint density at radius 3 is 2.78 bits per heavy atom. The smallest absolute Gasteiger partial charge is 0.234 e. The van der Waals surface area contributed by atoms with Crippen molar-refractivity contribution in [2.24, 2.45) is 12.8 Å². The van der Waals surface area contributed by atoms with Crippen molar-refractivity contribution < 1.29 is 9.53 Å². The van der Waals surface area contributed by atoms with E-state index in [1.54, 1.807) is 7.11 Å². The zero-order chi connectivity index (χ0) is 16.4. The topological polar surface area (TPSA) is 73.4 Å². The highest BCUT2D eigenvalue weighted by molar-refractivity contribution is 5.80. The molecule has 2 atom stereocenters. The monoisotopic (exact) mass is 320 g/mol.